The topological polar surface area (TPSA) is 94.7 Å². The van der Waals surface area contributed by atoms with Crippen LogP contribution in [0.5, 0.6) is 5.75 Å². The molecule has 3 N–H and O–H groups in total. The molecule has 0 aliphatic carbocycles. The molecule has 1 aliphatic heterocycles. The van der Waals surface area contributed by atoms with Crippen LogP contribution in [0.2, 0.25) is 0 Å². The summed E-state index contributed by atoms with van der Waals surface area (Å²) in [7, 11) is -1.07. The number of Topliss-reactive ketones (excluding diaryl/α,β-unsaturated/α-hetero) is 1. The molecule has 0 amide bonds. The van der Waals surface area contributed by atoms with Gasteiger partial charge in [-0.2, -0.15) is 0 Å². The Kier molecular flexibility index (Phi) is 5.39. The van der Waals surface area contributed by atoms with Gasteiger partial charge in [-0.1, -0.05) is 30.3 Å². The molecule has 28 heavy (non-hydrogen) atoms. The highest BCUT2D eigenvalue weighted by atomic mass is 16.6. The number of benzene rings is 2. The summed E-state index contributed by atoms with van der Waals surface area (Å²) in [6, 6.07) is 13.2. The highest BCUT2D eigenvalue weighted by Crippen LogP contribution is 2.23. The van der Waals surface area contributed by atoms with Crippen molar-refractivity contribution in [2.75, 3.05) is 19.8 Å². The first-order chi connectivity index (χ1) is 13.7. The predicted molar refractivity (Wildman–Crippen MR) is 108 cm³/mol. The van der Waals surface area contributed by atoms with Crippen molar-refractivity contribution in [3.8, 4) is 5.75 Å². The van der Waals surface area contributed by atoms with Gasteiger partial charge in [0, 0.05) is 36.2 Å². The second kappa shape index (κ2) is 8.10. The minimum Gasteiger partial charge on any atom is -0.492 e. The van der Waals surface area contributed by atoms with Crippen molar-refractivity contribution < 1.29 is 19.2 Å². The minimum absolute atomic E-state index is 0.0285. The van der Waals surface area contributed by atoms with Crippen molar-refractivity contribution in [1.29, 1.82) is 0 Å². The smallest absolute Gasteiger partial charge is 0.492 e. The number of hydrogen-bond donors (Lipinski definition) is 2. The number of nitrogens with zero attached hydrogens (tertiary/aromatic N) is 1. The zero-order valence-electron chi connectivity index (χ0n) is 15.4. The van der Waals surface area contributed by atoms with Gasteiger partial charge in [-0.05, 0) is 28.6 Å². The van der Waals surface area contributed by atoms with E-state index in [0.717, 1.165) is 21.9 Å². The molecule has 0 saturated heterocycles. The molecule has 0 spiro atoms. The van der Waals surface area contributed by atoms with Crippen LogP contribution < -0.4 is 15.9 Å². The highest BCUT2D eigenvalue weighted by Gasteiger charge is 2.27. The van der Waals surface area contributed by atoms with Gasteiger partial charge in [-0.3, -0.25) is 9.78 Å². The van der Waals surface area contributed by atoms with Crippen LogP contribution >= 0.6 is 0 Å². The van der Waals surface area contributed by atoms with Gasteiger partial charge in [0.1, 0.15) is 18.1 Å². The second-order valence-electron chi connectivity index (χ2n) is 6.86. The number of pyridine rings is 1. The van der Waals surface area contributed by atoms with E-state index in [-0.39, 0.29) is 18.7 Å². The average molecular weight is 376 g/mol. The van der Waals surface area contributed by atoms with Crippen LogP contribution in [-0.4, -0.2) is 42.7 Å². The van der Waals surface area contributed by atoms with Gasteiger partial charge in [-0.25, -0.2) is 0 Å². The number of nitrogens with two attached hydrogens (primary N) is 1. The molecule has 4 rings (SSSR count). The van der Waals surface area contributed by atoms with E-state index in [0.29, 0.717) is 24.4 Å². The number of aromatic nitrogens is 1. The fraction of sp³-hybridized carbons (Fsp3) is 0.238. The van der Waals surface area contributed by atoms with Crippen LogP contribution in [0.4, 0.5) is 0 Å². The van der Waals surface area contributed by atoms with E-state index in [9.17, 15) is 9.82 Å². The number of rotatable bonds is 5. The van der Waals surface area contributed by atoms with Crippen molar-refractivity contribution in [3.05, 3.63) is 66.0 Å². The molecule has 7 heteroatoms. The van der Waals surface area contributed by atoms with Crippen LogP contribution in [0, 0.1) is 0 Å². The Bertz CT molecular complexity index is 1010. The number of ether oxygens (including phenoxy) is 1. The van der Waals surface area contributed by atoms with Gasteiger partial charge in [0.15, 0.2) is 0 Å². The fourth-order valence-corrected chi connectivity index (χ4v) is 3.53. The number of hydrogen-bond acceptors (Lipinski definition) is 6. The van der Waals surface area contributed by atoms with E-state index in [1.807, 2.05) is 30.3 Å². The molecule has 2 aromatic carbocycles. The molecular formula is C21H21BN2O4. The summed E-state index contributed by atoms with van der Waals surface area (Å²) in [6.07, 6.45) is 3.82. The van der Waals surface area contributed by atoms with Gasteiger partial charge in [0.05, 0.1) is 12.5 Å². The van der Waals surface area contributed by atoms with E-state index in [1.165, 1.54) is 0 Å². The molecule has 3 aromatic rings. The molecule has 0 fully saturated rings. The first-order valence-corrected chi connectivity index (χ1v) is 9.27. The predicted octanol–water partition coefficient (Wildman–Crippen LogP) is 1.19. The summed E-state index contributed by atoms with van der Waals surface area (Å²) < 4.78 is 10.9. The lowest BCUT2D eigenvalue weighted by molar-refractivity contribution is -0.119. The van der Waals surface area contributed by atoms with E-state index in [1.54, 1.807) is 24.5 Å². The van der Waals surface area contributed by atoms with Gasteiger partial charge in [0.25, 0.3) is 0 Å². The molecule has 0 saturated carbocycles. The summed E-state index contributed by atoms with van der Waals surface area (Å²) >= 11 is 0. The zero-order valence-corrected chi connectivity index (χ0v) is 15.4. The summed E-state index contributed by atoms with van der Waals surface area (Å²) in [5, 5.41) is 12.3. The molecule has 1 aliphatic rings. The van der Waals surface area contributed by atoms with Gasteiger partial charge < -0.3 is 20.1 Å². The molecule has 1 unspecified atom stereocenters. The fourth-order valence-electron chi connectivity index (χ4n) is 3.53. The van der Waals surface area contributed by atoms with E-state index in [2.05, 4.69) is 4.98 Å². The summed E-state index contributed by atoms with van der Waals surface area (Å²) in [5.41, 5.74) is 8.15. The first kappa shape index (κ1) is 18.6. The highest BCUT2D eigenvalue weighted by molar-refractivity contribution is 6.61. The Balaban J connectivity index is 1.58. The molecule has 1 aromatic heterocycles. The molecule has 0 bridgehead atoms. The van der Waals surface area contributed by atoms with Crippen molar-refractivity contribution in [1.82, 2.24) is 4.98 Å². The SMILES string of the molecule is NCC(C(=O)Cc1ccc2cnccc2c1)c1ccc2c(c1)B(O)OCCO2. The monoisotopic (exact) mass is 376 g/mol. The van der Waals surface area contributed by atoms with Crippen molar-refractivity contribution in [2.24, 2.45) is 5.73 Å². The Hall–Kier alpha value is -2.74. The number of carbonyl (C=O) groups excluding carboxylic acids is 1. The summed E-state index contributed by atoms with van der Waals surface area (Å²) in [6.45, 7) is 0.870. The molecule has 2 heterocycles. The van der Waals surface area contributed by atoms with E-state index >= 15 is 0 Å². The lowest BCUT2D eigenvalue weighted by Crippen LogP contribution is -2.34. The molecule has 1 atom stereocenters. The summed E-state index contributed by atoms with van der Waals surface area (Å²) in [5.74, 6) is 0.134. The molecule has 6 nitrogen and oxygen atoms in total. The van der Waals surface area contributed by atoms with E-state index < -0.39 is 13.0 Å². The Morgan fingerprint density at radius 1 is 1.18 bits per heavy atom. The maximum atomic E-state index is 13.0. The maximum Gasteiger partial charge on any atom is 0.495 e. The normalized spacial score (nSPS) is 14.9. The van der Waals surface area contributed by atoms with Crippen LogP contribution in [0.1, 0.15) is 17.0 Å². The van der Waals surface area contributed by atoms with Crippen LogP contribution in [0.15, 0.2) is 54.9 Å². The Morgan fingerprint density at radius 2 is 2.07 bits per heavy atom. The first-order valence-electron chi connectivity index (χ1n) is 9.27. The average Bonchev–Trinajstić information content (AvgIpc) is 2.90. The number of carbonyl (C=O) groups is 1. The van der Waals surface area contributed by atoms with Gasteiger partial charge in [-0.15, -0.1) is 0 Å². The Labute approximate surface area is 163 Å². The van der Waals surface area contributed by atoms with Crippen LogP contribution in [-0.2, 0) is 15.9 Å². The van der Waals surface area contributed by atoms with Crippen molar-refractivity contribution in [2.45, 2.75) is 12.3 Å². The summed E-state index contributed by atoms with van der Waals surface area (Å²) in [4.78, 5) is 17.1. The number of fused-ring (bicyclic) bond motifs is 2. The van der Waals surface area contributed by atoms with Crippen LogP contribution in [0.3, 0.4) is 0 Å². The minimum atomic E-state index is -1.07. The Morgan fingerprint density at radius 3 is 2.93 bits per heavy atom. The number of ketones is 1. The van der Waals surface area contributed by atoms with Crippen molar-refractivity contribution >= 4 is 29.1 Å². The second-order valence-corrected chi connectivity index (χ2v) is 6.86. The van der Waals surface area contributed by atoms with Crippen molar-refractivity contribution in [3.63, 3.8) is 0 Å². The third-order valence-corrected chi connectivity index (χ3v) is 5.03. The van der Waals surface area contributed by atoms with E-state index in [4.69, 9.17) is 15.1 Å². The molecular weight excluding hydrogens is 355 g/mol. The van der Waals surface area contributed by atoms with Crippen LogP contribution in [0.25, 0.3) is 10.8 Å². The third-order valence-electron chi connectivity index (χ3n) is 5.03. The zero-order chi connectivity index (χ0) is 19.5. The maximum absolute atomic E-state index is 13.0. The van der Waals surface area contributed by atoms with Gasteiger partial charge in [0.2, 0.25) is 0 Å². The quantitative estimate of drug-likeness (QED) is 0.650. The molecule has 142 valence electrons. The third kappa shape index (κ3) is 3.78. The standard InChI is InChI=1S/C21H21BN2O4/c23-12-18(16-3-4-21-19(11-16)22(26)28-8-7-27-21)20(25)10-14-1-2-17-13-24-6-5-15(17)9-14/h1-6,9,11,13,18,26H,7-8,10,12,23H2. The lowest BCUT2D eigenvalue weighted by Gasteiger charge is -2.17. The molecule has 0 radical (unpaired) electrons. The largest absolute Gasteiger partial charge is 0.495 e. The lowest BCUT2D eigenvalue weighted by atomic mass is 9.76. The van der Waals surface area contributed by atoms with Gasteiger partial charge >= 0.3 is 7.12 Å².